The normalized spacial score (nSPS) is 10.3. The molecule has 0 saturated carbocycles. The molecule has 0 bridgehead atoms. The number of halogens is 1. The number of alkyl halides is 1. The molecule has 0 aromatic heterocycles. The van der Waals surface area contributed by atoms with Crippen LogP contribution < -0.4 is 0 Å². The van der Waals surface area contributed by atoms with Gasteiger partial charge in [-0.15, -0.1) is 0 Å². The van der Waals surface area contributed by atoms with Gasteiger partial charge in [0.2, 0.25) is 0 Å². The fourth-order valence-corrected chi connectivity index (χ4v) is 0. The Bertz CT molecular complexity index is 37.8. The first-order valence-electron chi connectivity index (χ1n) is 2.25. The van der Waals surface area contributed by atoms with E-state index in [-0.39, 0.29) is 19.5 Å². The molecule has 0 amide bonds. The minimum atomic E-state index is 0. The molecule has 0 aromatic carbocycles. The van der Waals surface area contributed by atoms with Gasteiger partial charge in [-0.3, -0.25) is 0 Å². The van der Waals surface area contributed by atoms with Gasteiger partial charge in [0.1, 0.15) is 0 Å². The topological polar surface area (TPSA) is 0 Å². The van der Waals surface area contributed by atoms with Crippen molar-refractivity contribution < 1.29 is 19.5 Å². The summed E-state index contributed by atoms with van der Waals surface area (Å²) >= 11 is 3.48. The summed E-state index contributed by atoms with van der Waals surface area (Å²) < 4.78 is 0.354. The van der Waals surface area contributed by atoms with Crippen molar-refractivity contribution in [2.45, 2.75) is 31.5 Å². The van der Waals surface area contributed by atoms with E-state index in [0.29, 0.717) is 4.32 Å². The first-order valence-corrected chi connectivity index (χ1v) is 3.04. The summed E-state index contributed by atoms with van der Waals surface area (Å²) in [6.07, 6.45) is 1.19. The maximum atomic E-state index is 3.48. The van der Waals surface area contributed by atoms with Crippen LogP contribution in [0.3, 0.4) is 0 Å². The van der Waals surface area contributed by atoms with Crippen LogP contribution in [-0.2, 0) is 19.5 Å². The molecule has 0 unspecified atom stereocenters. The van der Waals surface area contributed by atoms with Gasteiger partial charge in [-0.1, -0.05) is 36.7 Å². The van der Waals surface area contributed by atoms with Gasteiger partial charge in [0.05, 0.1) is 0 Å². The predicted molar refractivity (Wildman–Crippen MR) is 33.3 cm³/mol. The van der Waals surface area contributed by atoms with Crippen LogP contribution in [0.5, 0.6) is 0 Å². The Hall–Kier alpha value is 1.10. The van der Waals surface area contributed by atoms with Crippen LogP contribution >= 0.6 is 15.9 Å². The summed E-state index contributed by atoms with van der Waals surface area (Å²) in [6.45, 7) is 6.48. The Morgan fingerprint density at radius 2 is 1.57 bits per heavy atom. The summed E-state index contributed by atoms with van der Waals surface area (Å²) in [5.74, 6) is 0. The van der Waals surface area contributed by atoms with Crippen molar-refractivity contribution in [3.63, 3.8) is 0 Å². The molecular formula is C5H11BrZn. The van der Waals surface area contributed by atoms with Crippen molar-refractivity contribution in [1.29, 1.82) is 0 Å². The fraction of sp³-hybridized carbons (Fsp3) is 1.00. The first-order chi connectivity index (χ1) is 2.56. The van der Waals surface area contributed by atoms with Crippen molar-refractivity contribution >= 4 is 15.9 Å². The number of rotatable bonds is 1. The maximum Gasteiger partial charge on any atom is 0.0199 e. The Morgan fingerprint density at radius 3 is 1.57 bits per heavy atom. The van der Waals surface area contributed by atoms with E-state index in [9.17, 15) is 0 Å². The van der Waals surface area contributed by atoms with Gasteiger partial charge in [0.25, 0.3) is 0 Å². The van der Waals surface area contributed by atoms with Crippen LogP contribution in [0.1, 0.15) is 27.2 Å². The van der Waals surface area contributed by atoms with Crippen molar-refractivity contribution in [2.75, 3.05) is 0 Å². The summed E-state index contributed by atoms with van der Waals surface area (Å²) in [5.41, 5.74) is 0. The first kappa shape index (κ1) is 11.0. The van der Waals surface area contributed by atoms with Gasteiger partial charge in [0.15, 0.2) is 0 Å². The average Bonchev–Trinajstić information content (AvgIpc) is 1.35. The van der Waals surface area contributed by atoms with Gasteiger partial charge >= 0.3 is 0 Å². The molecule has 0 atom stereocenters. The van der Waals surface area contributed by atoms with Gasteiger partial charge in [0, 0.05) is 23.8 Å². The third kappa shape index (κ3) is 11.0. The molecule has 0 heterocycles. The average molecular weight is 216 g/mol. The number of hydrogen-bond acceptors (Lipinski definition) is 0. The van der Waals surface area contributed by atoms with E-state index >= 15 is 0 Å². The van der Waals surface area contributed by atoms with Gasteiger partial charge in [-0.2, -0.15) is 0 Å². The van der Waals surface area contributed by atoms with E-state index < -0.39 is 0 Å². The van der Waals surface area contributed by atoms with Crippen LogP contribution in [0.4, 0.5) is 0 Å². The third-order valence-electron chi connectivity index (χ3n) is 0.841. The maximum absolute atomic E-state index is 3.48. The van der Waals surface area contributed by atoms with E-state index in [0.717, 1.165) is 0 Å². The molecule has 0 rings (SSSR count). The van der Waals surface area contributed by atoms with E-state index in [4.69, 9.17) is 0 Å². The van der Waals surface area contributed by atoms with E-state index in [1.54, 1.807) is 0 Å². The second kappa shape index (κ2) is 4.03. The van der Waals surface area contributed by atoms with Crippen LogP contribution in [0.25, 0.3) is 0 Å². The zero-order valence-electron chi connectivity index (χ0n) is 5.29. The van der Waals surface area contributed by atoms with E-state index in [1.807, 2.05) is 0 Å². The molecule has 0 radical (unpaired) electrons. The molecule has 40 valence electrons. The van der Waals surface area contributed by atoms with Gasteiger partial charge in [-0.25, -0.2) is 0 Å². The second-order valence-corrected chi connectivity index (χ2v) is 4.22. The molecule has 2 heteroatoms. The fourth-order valence-electron chi connectivity index (χ4n) is 0. The van der Waals surface area contributed by atoms with Gasteiger partial charge in [-0.05, 0) is 6.42 Å². The van der Waals surface area contributed by atoms with E-state index in [2.05, 4.69) is 36.7 Å². The molecule has 0 N–H and O–H groups in total. The monoisotopic (exact) mass is 214 g/mol. The zero-order chi connectivity index (χ0) is 5.21. The quantitative estimate of drug-likeness (QED) is 0.467. The van der Waals surface area contributed by atoms with Crippen molar-refractivity contribution in [3.8, 4) is 0 Å². The SMILES string of the molecule is CCC(C)(C)Br.[Zn]. The molecular weight excluding hydrogens is 205 g/mol. The smallest absolute Gasteiger partial charge is 0.0199 e. The van der Waals surface area contributed by atoms with Gasteiger partial charge < -0.3 is 0 Å². The molecule has 0 aliphatic carbocycles. The van der Waals surface area contributed by atoms with E-state index in [1.165, 1.54) is 6.42 Å². The van der Waals surface area contributed by atoms with Crippen molar-refractivity contribution in [3.05, 3.63) is 0 Å². The predicted octanol–water partition coefficient (Wildman–Crippen LogP) is 2.57. The van der Waals surface area contributed by atoms with Crippen LogP contribution in [0.15, 0.2) is 0 Å². The van der Waals surface area contributed by atoms with Crippen molar-refractivity contribution in [2.24, 2.45) is 0 Å². The largest absolute Gasteiger partial charge is 0.0859 e. The minimum absolute atomic E-state index is 0. The molecule has 0 aromatic rings. The molecule has 0 aliphatic rings. The zero-order valence-corrected chi connectivity index (χ0v) is 9.85. The molecule has 0 aliphatic heterocycles. The molecule has 0 fully saturated rings. The molecule has 0 nitrogen and oxygen atoms in total. The Morgan fingerprint density at radius 1 is 1.43 bits per heavy atom. The molecule has 0 spiro atoms. The van der Waals surface area contributed by atoms with Crippen LogP contribution in [-0.4, -0.2) is 4.32 Å². The Labute approximate surface area is 66.9 Å². The summed E-state index contributed by atoms with van der Waals surface area (Å²) in [5, 5.41) is 0. The second-order valence-electron chi connectivity index (χ2n) is 2.07. The summed E-state index contributed by atoms with van der Waals surface area (Å²) in [4.78, 5) is 0. The summed E-state index contributed by atoms with van der Waals surface area (Å²) in [7, 11) is 0. The third-order valence-corrected chi connectivity index (χ3v) is 1.40. The number of hydrogen-bond donors (Lipinski definition) is 0. The summed E-state index contributed by atoms with van der Waals surface area (Å²) in [6, 6.07) is 0. The molecule has 0 saturated heterocycles. The standard InChI is InChI=1S/C5H11Br.Zn/c1-4-5(2,3)6;/h4H2,1-3H3;. The van der Waals surface area contributed by atoms with Crippen LogP contribution in [0, 0.1) is 0 Å². The minimum Gasteiger partial charge on any atom is -0.0859 e. The van der Waals surface area contributed by atoms with Crippen LogP contribution in [0.2, 0.25) is 0 Å². The Balaban J connectivity index is 0. The van der Waals surface area contributed by atoms with Crippen molar-refractivity contribution in [1.82, 2.24) is 0 Å². The Kier molecular flexibility index (Phi) is 6.32. The molecule has 7 heavy (non-hydrogen) atoms.